The van der Waals surface area contributed by atoms with Gasteiger partial charge in [-0.2, -0.15) is 0 Å². The zero-order valence-corrected chi connectivity index (χ0v) is 20.9. The Kier molecular flexibility index (Phi) is 6.26. The molecule has 186 valence electrons. The molecule has 2 aliphatic carbocycles. The number of pyridine rings is 1. The Bertz CT molecular complexity index is 1340. The highest BCUT2D eigenvalue weighted by Gasteiger charge is 2.50. The molecule has 1 aromatic heterocycles. The minimum Gasteiger partial charge on any atom is -0.480 e. The summed E-state index contributed by atoms with van der Waals surface area (Å²) in [4.78, 5) is 29.2. The number of carboxylic acids is 1. The Morgan fingerprint density at radius 3 is 2.25 bits per heavy atom. The fourth-order valence-electron chi connectivity index (χ4n) is 4.85. The van der Waals surface area contributed by atoms with E-state index in [0.29, 0.717) is 31.0 Å². The molecule has 0 unspecified atom stereocenters. The molecule has 2 aliphatic rings. The number of hydrogen-bond donors (Lipinski definition) is 4. The molecule has 1 heterocycles. The van der Waals surface area contributed by atoms with Gasteiger partial charge < -0.3 is 15.7 Å². The molecule has 0 radical (unpaired) electrons. The molecule has 7 heteroatoms. The highest BCUT2D eigenvalue weighted by atomic mass is 16.4. The van der Waals surface area contributed by atoms with Crippen molar-refractivity contribution in [2.24, 2.45) is 0 Å². The van der Waals surface area contributed by atoms with Crippen LogP contribution in [0.5, 0.6) is 0 Å². The average molecular weight is 485 g/mol. The van der Waals surface area contributed by atoms with Crippen molar-refractivity contribution >= 4 is 23.3 Å². The van der Waals surface area contributed by atoms with Crippen molar-refractivity contribution in [3.63, 3.8) is 0 Å². The second-order valence-electron chi connectivity index (χ2n) is 9.94. The maximum Gasteiger partial charge on any atom is 0.323 e. The molecule has 0 bridgehead atoms. The predicted molar refractivity (Wildman–Crippen MR) is 142 cm³/mol. The molecule has 3 aromatic rings. The molecule has 5 rings (SSSR count). The number of carboxylic acid groups (broad SMARTS) is 1. The number of carbonyl (C=O) groups excluding carboxylic acids is 1. The summed E-state index contributed by atoms with van der Waals surface area (Å²) in [7, 11) is 1.91. The van der Waals surface area contributed by atoms with E-state index < -0.39 is 11.5 Å². The van der Waals surface area contributed by atoms with Gasteiger partial charge in [0.25, 0.3) is 5.91 Å². The van der Waals surface area contributed by atoms with Gasteiger partial charge in [0.15, 0.2) is 0 Å². The van der Waals surface area contributed by atoms with Gasteiger partial charge in [-0.05, 0) is 97.0 Å². The van der Waals surface area contributed by atoms with E-state index in [-0.39, 0.29) is 5.91 Å². The van der Waals surface area contributed by atoms with Crippen LogP contribution in [0, 0.1) is 13.8 Å². The maximum absolute atomic E-state index is 13.2. The zero-order chi connectivity index (χ0) is 25.4. The Morgan fingerprint density at radius 2 is 1.67 bits per heavy atom. The lowest BCUT2D eigenvalue weighted by atomic mass is 9.94. The lowest BCUT2D eigenvalue weighted by Gasteiger charge is -2.17. The number of carbonyl (C=O) groups is 2. The molecular formula is C29H32N4O3. The smallest absolute Gasteiger partial charge is 0.323 e. The first-order valence-corrected chi connectivity index (χ1v) is 12.5. The van der Waals surface area contributed by atoms with E-state index in [4.69, 9.17) is 0 Å². The van der Waals surface area contributed by atoms with E-state index in [2.05, 4.69) is 40.0 Å². The van der Waals surface area contributed by atoms with Crippen molar-refractivity contribution in [1.29, 1.82) is 0 Å². The number of amides is 1. The normalized spacial score (nSPS) is 15.9. The second kappa shape index (κ2) is 9.39. The van der Waals surface area contributed by atoms with Crippen LogP contribution in [0.25, 0.3) is 11.1 Å². The van der Waals surface area contributed by atoms with Gasteiger partial charge in [-0.25, -0.2) is 0 Å². The molecule has 1 amide bonds. The molecular weight excluding hydrogens is 452 g/mol. The highest BCUT2D eigenvalue weighted by Crippen LogP contribution is 2.43. The summed E-state index contributed by atoms with van der Waals surface area (Å²) in [6, 6.07) is 14.0. The van der Waals surface area contributed by atoms with Crippen LogP contribution in [0.4, 0.5) is 11.4 Å². The molecule has 0 spiro atoms. The molecule has 0 aliphatic heterocycles. The minimum absolute atomic E-state index is 0.249. The summed E-state index contributed by atoms with van der Waals surface area (Å²) >= 11 is 0. The van der Waals surface area contributed by atoms with Crippen LogP contribution in [0.2, 0.25) is 0 Å². The van der Waals surface area contributed by atoms with Crippen LogP contribution >= 0.6 is 0 Å². The van der Waals surface area contributed by atoms with E-state index in [1.165, 1.54) is 0 Å². The van der Waals surface area contributed by atoms with Crippen molar-refractivity contribution in [2.45, 2.75) is 57.5 Å². The van der Waals surface area contributed by atoms with Crippen LogP contribution in [-0.4, -0.2) is 34.6 Å². The highest BCUT2D eigenvalue weighted by molar-refractivity contribution is 6.04. The first-order valence-electron chi connectivity index (χ1n) is 12.5. The fraction of sp³-hybridized carbons (Fsp3) is 0.345. The molecule has 4 N–H and O–H groups in total. The number of nitrogens with zero attached hydrogens (tertiary/aromatic N) is 1. The summed E-state index contributed by atoms with van der Waals surface area (Å²) in [5, 5.41) is 18.9. The fourth-order valence-corrected chi connectivity index (χ4v) is 4.85. The van der Waals surface area contributed by atoms with Gasteiger partial charge >= 0.3 is 5.97 Å². The third-order valence-electron chi connectivity index (χ3n) is 7.52. The van der Waals surface area contributed by atoms with Crippen LogP contribution < -0.4 is 16.0 Å². The number of anilines is 2. The lowest BCUT2D eigenvalue weighted by Crippen LogP contribution is -2.38. The number of hydrogen-bond acceptors (Lipinski definition) is 5. The van der Waals surface area contributed by atoms with E-state index in [1.807, 2.05) is 44.3 Å². The summed E-state index contributed by atoms with van der Waals surface area (Å²) < 4.78 is 0. The Hall–Kier alpha value is -3.71. The Morgan fingerprint density at radius 1 is 1.03 bits per heavy atom. The van der Waals surface area contributed by atoms with Gasteiger partial charge in [0.1, 0.15) is 11.2 Å². The largest absolute Gasteiger partial charge is 0.480 e. The van der Waals surface area contributed by atoms with Crippen molar-refractivity contribution in [3.05, 3.63) is 76.6 Å². The topological polar surface area (TPSA) is 103 Å². The number of benzene rings is 2. The van der Waals surface area contributed by atoms with Gasteiger partial charge in [-0.15, -0.1) is 0 Å². The first kappa shape index (κ1) is 24.0. The van der Waals surface area contributed by atoms with Crippen LogP contribution in [-0.2, 0) is 11.3 Å². The standard InChI is InChI=1S/C29H32N4O3/c1-17-21(6-4-8-24(17)30-3)22-7-5-9-25(18(22)2)33-27(34)26-14-23(19-10-11-19)20(15-31-26)16-32-29(12-13-29)28(35)36/h4-9,14-15,19,30,32H,10-13,16H2,1-3H3,(H,33,34)(H,35,36). The number of rotatable bonds is 9. The molecule has 2 saturated carbocycles. The monoisotopic (exact) mass is 484 g/mol. The van der Waals surface area contributed by atoms with Crippen molar-refractivity contribution in [3.8, 4) is 11.1 Å². The summed E-state index contributed by atoms with van der Waals surface area (Å²) in [5.41, 5.74) is 7.81. The van der Waals surface area contributed by atoms with E-state index in [9.17, 15) is 14.7 Å². The van der Waals surface area contributed by atoms with E-state index in [0.717, 1.165) is 57.6 Å². The van der Waals surface area contributed by atoms with Gasteiger partial charge in [0.05, 0.1) is 0 Å². The van der Waals surface area contributed by atoms with Gasteiger partial charge in [0.2, 0.25) is 0 Å². The summed E-state index contributed by atoms with van der Waals surface area (Å²) in [6.45, 7) is 4.55. The first-order chi connectivity index (χ1) is 17.3. The molecule has 2 aromatic carbocycles. The van der Waals surface area contributed by atoms with Crippen LogP contribution in [0.3, 0.4) is 0 Å². The molecule has 0 atom stereocenters. The maximum atomic E-state index is 13.2. The third kappa shape index (κ3) is 4.58. The minimum atomic E-state index is -0.801. The second-order valence-corrected chi connectivity index (χ2v) is 9.94. The average Bonchev–Trinajstić information content (AvgIpc) is 3.79. The van der Waals surface area contributed by atoms with Gasteiger partial charge in [-0.1, -0.05) is 24.3 Å². The Labute approximate surface area is 211 Å². The number of aromatic nitrogens is 1. The predicted octanol–water partition coefficient (Wildman–Crippen LogP) is 5.24. The summed E-state index contributed by atoms with van der Waals surface area (Å²) in [5.74, 6) is -0.643. The van der Waals surface area contributed by atoms with Crippen LogP contribution in [0.1, 0.15) is 64.3 Å². The van der Waals surface area contributed by atoms with E-state index >= 15 is 0 Å². The molecule has 0 saturated heterocycles. The number of aliphatic carboxylic acids is 1. The van der Waals surface area contributed by atoms with Crippen LogP contribution in [0.15, 0.2) is 48.7 Å². The van der Waals surface area contributed by atoms with Crippen molar-refractivity contribution in [1.82, 2.24) is 10.3 Å². The summed E-state index contributed by atoms with van der Waals surface area (Å²) in [6.07, 6.45) is 5.17. The van der Waals surface area contributed by atoms with Crippen molar-refractivity contribution < 1.29 is 14.7 Å². The Balaban J connectivity index is 1.37. The zero-order valence-electron chi connectivity index (χ0n) is 20.9. The molecule has 36 heavy (non-hydrogen) atoms. The van der Waals surface area contributed by atoms with Crippen molar-refractivity contribution in [2.75, 3.05) is 17.7 Å². The lowest BCUT2D eigenvalue weighted by molar-refractivity contribution is -0.140. The number of nitrogens with one attached hydrogen (secondary N) is 3. The molecule has 7 nitrogen and oxygen atoms in total. The SMILES string of the molecule is CNc1cccc(-c2cccc(NC(=O)c3cc(C4CC4)c(CNC4(C(=O)O)CC4)cn3)c2C)c1C. The molecule has 2 fully saturated rings. The van der Waals surface area contributed by atoms with Gasteiger partial charge in [-0.3, -0.25) is 19.9 Å². The third-order valence-corrected chi connectivity index (χ3v) is 7.52. The van der Waals surface area contributed by atoms with E-state index in [1.54, 1.807) is 6.20 Å². The van der Waals surface area contributed by atoms with Gasteiger partial charge in [0, 0.05) is 31.2 Å². The quantitative estimate of drug-likeness (QED) is 0.331.